The fourth-order valence-electron chi connectivity index (χ4n) is 3.08. The van der Waals surface area contributed by atoms with Gasteiger partial charge in [-0.1, -0.05) is 18.2 Å². The summed E-state index contributed by atoms with van der Waals surface area (Å²) in [7, 11) is 0. The van der Waals surface area contributed by atoms with Crippen LogP contribution in [-0.4, -0.2) is 36.6 Å². The van der Waals surface area contributed by atoms with E-state index < -0.39 is 47.6 Å². The SMILES string of the molecule is CC(C)(C)OC(=O)N[C@@]1(c2ccccc2F)COC(C(C)(F)F)[C@H]1C=O. The number of benzene rings is 1. The highest BCUT2D eigenvalue weighted by molar-refractivity contribution is 5.72. The minimum Gasteiger partial charge on any atom is -0.444 e. The number of halogens is 3. The Kier molecular flexibility index (Phi) is 5.37. The lowest BCUT2D eigenvalue weighted by atomic mass is 9.77. The van der Waals surface area contributed by atoms with E-state index in [0.29, 0.717) is 6.92 Å². The maximum atomic E-state index is 14.5. The molecule has 1 N–H and O–H groups in total. The Morgan fingerprint density at radius 3 is 2.42 bits per heavy atom. The van der Waals surface area contributed by atoms with E-state index in [1.54, 1.807) is 20.8 Å². The Balaban J connectivity index is 2.52. The van der Waals surface area contributed by atoms with Crippen molar-refractivity contribution in [2.45, 2.75) is 50.9 Å². The van der Waals surface area contributed by atoms with Gasteiger partial charge >= 0.3 is 6.09 Å². The van der Waals surface area contributed by atoms with Crippen LogP contribution in [0, 0.1) is 11.7 Å². The first-order chi connectivity index (χ1) is 11.9. The van der Waals surface area contributed by atoms with Gasteiger partial charge in [-0.15, -0.1) is 0 Å². The third-order valence-electron chi connectivity index (χ3n) is 4.11. The quantitative estimate of drug-likeness (QED) is 0.822. The van der Waals surface area contributed by atoms with Gasteiger partial charge in [0.25, 0.3) is 5.92 Å². The number of hydrogen-bond acceptors (Lipinski definition) is 4. The summed E-state index contributed by atoms with van der Waals surface area (Å²) in [6, 6.07) is 5.34. The Morgan fingerprint density at radius 2 is 1.92 bits per heavy atom. The molecule has 0 aromatic heterocycles. The maximum absolute atomic E-state index is 14.5. The van der Waals surface area contributed by atoms with Crippen molar-refractivity contribution in [2.24, 2.45) is 5.92 Å². The van der Waals surface area contributed by atoms with E-state index in [4.69, 9.17) is 9.47 Å². The van der Waals surface area contributed by atoms with Crippen molar-refractivity contribution in [1.82, 2.24) is 5.32 Å². The lowest BCUT2D eigenvalue weighted by Gasteiger charge is -2.35. The molecule has 1 aromatic rings. The molecule has 1 aliphatic rings. The van der Waals surface area contributed by atoms with Gasteiger partial charge in [-0.3, -0.25) is 0 Å². The molecule has 0 saturated carbocycles. The molecular formula is C18H22F3NO4. The summed E-state index contributed by atoms with van der Waals surface area (Å²) >= 11 is 0. The van der Waals surface area contributed by atoms with Crippen LogP contribution in [0.1, 0.15) is 33.3 Å². The molecule has 1 unspecified atom stereocenters. The summed E-state index contributed by atoms with van der Waals surface area (Å²) in [6.07, 6.45) is -2.51. The average Bonchev–Trinajstić information content (AvgIpc) is 2.84. The molecule has 1 saturated heterocycles. The van der Waals surface area contributed by atoms with Gasteiger partial charge in [0.1, 0.15) is 29.3 Å². The molecule has 0 bridgehead atoms. The topological polar surface area (TPSA) is 64.6 Å². The first kappa shape index (κ1) is 20.2. The zero-order valence-electron chi connectivity index (χ0n) is 15.0. The Bertz CT molecular complexity index is 684. The van der Waals surface area contributed by atoms with Crippen molar-refractivity contribution < 1.29 is 32.2 Å². The first-order valence-electron chi connectivity index (χ1n) is 8.11. The summed E-state index contributed by atoms with van der Waals surface area (Å²) in [6.45, 7) is 4.97. The van der Waals surface area contributed by atoms with Crippen LogP contribution in [-0.2, 0) is 19.8 Å². The number of nitrogens with one attached hydrogen (secondary N) is 1. The molecule has 3 atom stereocenters. The molecule has 5 nitrogen and oxygen atoms in total. The van der Waals surface area contributed by atoms with E-state index in [1.807, 2.05) is 0 Å². The molecule has 0 spiro atoms. The third-order valence-corrected chi connectivity index (χ3v) is 4.11. The van der Waals surface area contributed by atoms with Crippen LogP contribution in [0.25, 0.3) is 0 Å². The zero-order valence-corrected chi connectivity index (χ0v) is 15.0. The first-order valence-corrected chi connectivity index (χ1v) is 8.11. The van der Waals surface area contributed by atoms with Gasteiger partial charge in [-0.2, -0.15) is 0 Å². The number of alkyl halides is 2. The summed E-state index contributed by atoms with van der Waals surface area (Å²) in [5, 5.41) is 2.42. The molecule has 1 aromatic carbocycles. The number of carbonyl (C=O) groups excluding carboxylic acids is 2. The molecular weight excluding hydrogens is 351 g/mol. The summed E-state index contributed by atoms with van der Waals surface area (Å²) in [5.74, 6) is -5.63. The van der Waals surface area contributed by atoms with E-state index in [-0.39, 0.29) is 11.8 Å². The number of amides is 1. The third kappa shape index (κ3) is 4.00. The van der Waals surface area contributed by atoms with Crippen LogP contribution in [0.5, 0.6) is 0 Å². The number of rotatable bonds is 4. The smallest absolute Gasteiger partial charge is 0.408 e. The van der Waals surface area contributed by atoms with E-state index in [1.165, 1.54) is 18.2 Å². The van der Waals surface area contributed by atoms with Crippen molar-refractivity contribution in [3.05, 3.63) is 35.6 Å². The Labute approximate surface area is 149 Å². The van der Waals surface area contributed by atoms with Crippen LogP contribution >= 0.6 is 0 Å². The van der Waals surface area contributed by atoms with Crippen LogP contribution < -0.4 is 5.32 Å². The fourth-order valence-corrected chi connectivity index (χ4v) is 3.08. The second-order valence-electron chi connectivity index (χ2n) is 7.43. The predicted octanol–water partition coefficient (Wildman–Crippen LogP) is 3.41. The molecule has 144 valence electrons. The van der Waals surface area contributed by atoms with Crippen molar-refractivity contribution in [1.29, 1.82) is 0 Å². The van der Waals surface area contributed by atoms with E-state index in [0.717, 1.165) is 6.07 Å². The van der Waals surface area contributed by atoms with Gasteiger partial charge in [0.15, 0.2) is 0 Å². The monoisotopic (exact) mass is 373 g/mol. The van der Waals surface area contributed by atoms with Gasteiger partial charge in [-0.25, -0.2) is 18.0 Å². The van der Waals surface area contributed by atoms with E-state index >= 15 is 0 Å². The second-order valence-corrected chi connectivity index (χ2v) is 7.43. The highest BCUT2D eigenvalue weighted by Crippen LogP contribution is 2.44. The number of aldehydes is 1. The van der Waals surface area contributed by atoms with Crippen LogP contribution in [0.2, 0.25) is 0 Å². The van der Waals surface area contributed by atoms with Gasteiger partial charge in [0.2, 0.25) is 0 Å². The molecule has 1 amide bonds. The minimum absolute atomic E-state index is 0.116. The largest absolute Gasteiger partial charge is 0.444 e. The van der Waals surface area contributed by atoms with Crippen LogP contribution in [0.15, 0.2) is 24.3 Å². The summed E-state index contributed by atoms with van der Waals surface area (Å²) in [5.41, 5.74) is -2.79. The highest BCUT2D eigenvalue weighted by Gasteiger charge is 2.59. The molecule has 2 rings (SSSR count). The number of hydrogen-bond donors (Lipinski definition) is 1. The summed E-state index contributed by atoms with van der Waals surface area (Å²) < 4.78 is 52.6. The molecule has 0 radical (unpaired) electrons. The van der Waals surface area contributed by atoms with Gasteiger partial charge in [0, 0.05) is 12.5 Å². The van der Waals surface area contributed by atoms with Gasteiger partial charge < -0.3 is 19.6 Å². The van der Waals surface area contributed by atoms with Crippen molar-refractivity contribution in [2.75, 3.05) is 6.61 Å². The molecule has 26 heavy (non-hydrogen) atoms. The highest BCUT2D eigenvalue weighted by atomic mass is 19.3. The lowest BCUT2D eigenvalue weighted by Crippen LogP contribution is -2.55. The maximum Gasteiger partial charge on any atom is 0.408 e. The number of ether oxygens (including phenoxy) is 2. The van der Waals surface area contributed by atoms with Crippen molar-refractivity contribution in [3.63, 3.8) is 0 Å². The van der Waals surface area contributed by atoms with Crippen LogP contribution in [0.4, 0.5) is 18.0 Å². The fraction of sp³-hybridized carbons (Fsp3) is 0.556. The minimum atomic E-state index is -3.37. The number of carbonyl (C=O) groups is 2. The summed E-state index contributed by atoms with van der Waals surface area (Å²) in [4.78, 5) is 24.0. The van der Waals surface area contributed by atoms with E-state index in [2.05, 4.69) is 5.32 Å². The Morgan fingerprint density at radius 1 is 1.31 bits per heavy atom. The van der Waals surface area contributed by atoms with E-state index in [9.17, 15) is 22.8 Å². The van der Waals surface area contributed by atoms with Gasteiger partial charge in [-0.05, 0) is 26.8 Å². The predicted molar refractivity (Wildman–Crippen MR) is 87.4 cm³/mol. The number of alkyl carbamates (subject to hydrolysis) is 1. The molecule has 1 aliphatic heterocycles. The molecule has 1 heterocycles. The van der Waals surface area contributed by atoms with Gasteiger partial charge in [0.05, 0.1) is 12.5 Å². The second kappa shape index (κ2) is 6.90. The molecule has 1 fully saturated rings. The average molecular weight is 373 g/mol. The van der Waals surface area contributed by atoms with Crippen LogP contribution in [0.3, 0.4) is 0 Å². The molecule has 0 aliphatic carbocycles. The standard InChI is InChI=1S/C18H22F3NO4/c1-16(2,3)26-15(24)22-18(11-7-5-6-8-13(11)19)10-25-14(12(18)9-23)17(4,20)21/h5-9,12,14H,10H2,1-4H3,(H,22,24)/t12-,14?,18-/m1/s1. The lowest BCUT2D eigenvalue weighted by molar-refractivity contribution is -0.132. The normalized spacial score (nSPS) is 26.4. The van der Waals surface area contributed by atoms with Crippen molar-refractivity contribution in [3.8, 4) is 0 Å². The van der Waals surface area contributed by atoms with Crippen molar-refractivity contribution >= 4 is 12.4 Å². The Hall–Kier alpha value is -2.09. The zero-order chi connectivity index (χ0) is 19.8. The molecule has 8 heteroatoms.